The Morgan fingerprint density at radius 2 is 2.16 bits per heavy atom. The van der Waals surface area contributed by atoms with Gasteiger partial charge >= 0.3 is 0 Å². The van der Waals surface area contributed by atoms with E-state index in [-0.39, 0.29) is 11.7 Å². The van der Waals surface area contributed by atoms with Crippen LogP contribution >= 0.6 is 0 Å². The Labute approximate surface area is 109 Å². The monoisotopic (exact) mass is 260 g/mol. The second kappa shape index (κ2) is 5.34. The van der Waals surface area contributed by atoms with Gasteiger partial charge in [0.05, 0.1) is 0 Å². The van der Waals surface area contributed by atoms with Crippen molar-refractivity contribution in [2.45, 2.75) is 0 Å². The number of nitrogens with zero attached hydrogens (tertiary/aromatic N) is 3. The molecule has 0 atom stereocenters. The molecule has 0 radical (unpaired) electrons. The minimum absolute atomic E-state index is 0.00343. The van der Waals surface area contributed by atoms with Crippen LogP contribution in [0.3, 0.4) is 0 Å². The van der Waals surface area contributed by atoms with Crippen molar-refractivity contribution in [2.24, 2.45) is 10.9 Å². The summed E-state index contributed by atoms with van der Waals surface area (Å²) in [5, 5.41) is 11.6. The number of oxime groups is 1. The Balaban J connectivity index is 2.36. The zero-order chi connectivity index (χ0) is 13.8. The highest BCUT2D eigenvalue weighted by atomic mass is 19.1. The highest BCUT2D eigenvalue weighted by molar-refractivity contribution is 5.97. The number of hydrogen-bond acceptors (Lipinski definition) is 4. The largest absolute Gasteiger partial charge is 0.409 e. The first-order valence-electron chi connectivity index (χ1n) is 5.55. The molecule has 1 aromatic carbocycles. The van der Waals surface area contributed by atoms with E-state index >= 15 is 0 Å². The minimum atomic E-state index is -0.322. The van der Waals surface area contributed by atoms with Gasteiger partial charge < -0.3 is 15.8 Å². The summed E-state index contributed by atoms with van der Waals surface area (Å²) < 4.78 is 13.2. The molecule has 0 spiro atoms. The third-order valence-electron chi connectivity index (χ3n) is 2.69. The standard InChI is InChI=1S/C13H13FN4O/c1-18(11-4-2-3-10(14)8-11)12-7-9(5-6-16-12)13(15)17-19/h2-8,19H,1H3,(H2,15,17). The summed E-state index contributed by atoms with van der Waals surface area (Å²) in [6.07, 6.45) is 1.54. The van der Waals surface area contributed by atoms with E-state index in [4.69, 9.17) is 10.9 Å². The molecule has 19 heavy (non-hydrogen) atoms. The van der Waals surface area contributed by atoms with Gasteiger partial charge in [0.2, 0.25) is 0 Å². The van der Waals surface area contributed by atoms with E-state index in [9.17, 15) is 4.39 Å². The Morgan fingerprint density at radius 3 is 2.84 bits per heavy atom. The molecule has 0 bridgehead atoms. The first-order valence-corrected chi connectivity index (χ1v) is 5.55. The number of anilines is 2. The van der Waals surface area contributed by atoms with Crippen LogP contribution < -0.4 is 10.6 Å². The van der Waals surface area contributed by atoms with Gasteiger partial charge in [-0.1, -0.05) is 11.2 Å². The molecule has 6 heteroatoms. The van der Waals surface area contributed by atoms with Gasteiger partial charge in [-0.05, 0) is 30.3 Å². The van der Waals surface area contributed by atoms with Crippen LogP contribution in [0.4, 0.5) is 15.9 Å². The van der Waals surface area contributed by atoms with Crippen molar-refractivity contribution < 1.29 is 9.60 Å². The molecule has 0 saturated carbocycles. The molecule has 0 aliphatic carbocycles. The van der Waals surface area contributed by atoms with Crippen LogP contribution in [-0.2, 0) is 0 Å². The number of aromatic nitrogens is 1. The van der Waals surface area contributed by atoms with Crippen molar-refractivity contribution in [1.29, 1.82) is 0 Å². The van der Waals surface area contributed by atoms with Gasteiger partial charge in [0.25, 0.3) is 0 Å². The van der Waals surface area contributed by atoms with E-state index in [2.05, 4.69) is 10.1 Å². The van der Waals surface area contributed by atoms with E-state index < -0.39 is 0 Å². The van der Waals surface area contributed by atoms with Gasteiger partial charge in [-0.25, -0.2) is 9.37 Å². The van der Waals surface area contributed by atoms with Crippen LogP contribution in [0, 0.1) is 5.82 Å². The fourth-order valence-electron chi connectivity index (χ4n) is 1.64. The smallest absolute Gasteiger partial charge is 0.170 e. The van der Waals surface area contributed by atoms with Gasteiger partial charge in [0.15, 0.2) is 5.84 Å². The molecule has 2 rings (SSSR count). The molecule has 1 aromatic heterocycles. The average molecular weight is 260 g/mol. The van der Waals surface area contributed by atoms with Crippen LogP contribution in [-0.4, -0.2) is 23.1 Å². The molecular weight excluding hydrogens is 247 g/mol. The quantitative estimate of drug-likeness (QED) is 0.383. The maximum atomic E-state index is 13.2. The molecule has 0 unspecified atom stereocenters. The van der Waals surface area contributed by atoms with Gasteiger partial charge in [0, 0.05) is 24.5 Å². The first kappa shape index (κ1) is 12.8. The summed E-state index contributed by atoms with van der Waals surface area (Å²) in [5.74, 6) is 0.239. The predicted octanol–water partition coefficient (Wildman–Crippen LogP) is 2.08. The van der Waals surface area contributed by atoms with E-state index in [1.165, 1.54) is 12.1 Å². The number of rotatable bonds is 3. The molecule has 98 valence electrons. The Bertz CT molecular complexity index is 615. The number of nitrogens with two attached hydrogens (primary N) is 1. The molecule has 2 aromatic rings. The second-order valence-electron chi connectivity index (χ2n) is 3.93. The minimum Gasteiger partial charge on any atom is -0.409 e. The second-order valence-corrected chi connectivity index (χ2v) is 3.93. The van der Waals surface area contributed by atoms with Crippen molar-refractivity contribution in [3.8, 4) is 0 Å². The molecule has 0 fully saturated rings. The molecule has 0 aliphatic heterocycles. The lowest BCUT2D eigenvalue weighted by Crippen LogP contribution is -2.16. The highest BCUT2D eigenvalue weighted by Crippen LogP contribution is 2.22. The Morgan fingerprint density at radius 1 is 1.37 bits per heavy atom. The van der Waals surface area contributed by atoms with Crippen LogP contribution in [0.15, 0.2) is 47.8 Å². The number of pyridine rings is 1. The summed E-state index contributed by atoms with van der Waals surface area (Å²) in [5.41, 5.74) is 6.71. The van der Waals surface area contributed by atoms with Crippen LogP contribution in [0.25, 0.3) is 0 Å². The lowest BCUT2D eigenvalue weighted by atomic mass is 10.2. The van der Waals surface area contributed by atoms with E-state index in [1.807, 2.05) is 0 Å². The SMILES string of the molecule is CN(c1cccc(F)c1)c1cc(C(N)=NO)ccn1. The average Bonchev–Trinajstić information content (AvgIpc) is 2.45. The summed E-state index contributed by atoms with van der Waals surface area (Å²) in [6.45, 7) is 0. The molecule has 0 saturated heterocycles. The van der Waals surface area contributed by atoms with Crippen molar-refractivity contribution >= 4 is 17.3 Å². The molecule has 0 aliphatic rings. The van der Waals surface area contributed by atoms with Gasteiger partial charge in [0.1, 0.15) is 11.6 Å². The zero-order valence-corrected chi connectivity index (χ0v) is 10.3. The summed E-state index contributed by atoms with van der Waals surface area (Å²) in [7, 11) is 1.76. The summed E-state index contributed by atoms with van der Waals surface area (Å²) in [4.78, 5) is 5.88. The lowest BCUT2D eigenvalue weighted by Gasteiger charge is -2.18. The Hall–Kier alpha value is -2.63. The van der Waals surface area contributed by atoms with Crippen LogP contribution in [0.2, 0.25) is 0 Å². The van der Waals surface area contributed by atoms with Crippen LogP contribution in [0.5, 0.6) is 0 Å². The molecule has 3 N–H and O–H groups in total. The van der Waals surface area contributed by atoms with Crippen molar-refractivity contribution in [1.82, 2.24) is 4.98 Å². The third kappa shape index (κ3) is 2.79. The summed E-state index contributed by atoms with van der Waals surface area (Å²) >= 11 is 0. The van der Waals surface area contributed by atoms with Crippen molar-refractivity contribution in [3.63, 3.8) is 0 Å². The van der Waals surface area contributed by atoms with E-state index in [1.54, 1.807) is 42.4 Å². The molecule has 1 heterocycles. The van der Waals surface area contributed by atoms with E-state index in [0.717, 1.165) is 0 Å². The number of benzene rings is 1. The molecule has 5 nitrogen and oxygen atoms in total. The van der Waals surface area contributed by atoms with Crippen molar-refractivity contribution in [3.05, 3.63) is 54.0 Å². The fraction of sp³-hybridized carbons (Fsp3) is 0.0769. The predicted molar refractivity (Wildman–Crippen MR) is 71.2 cm³/mol. The maximum Gasteiger partial charge on any atom is 0.170 e. The molecular formula is C13H13FN4O. The first-order chi connectivity index (χ1) is 9.11. The maximum absolute atomic E-state index is 13.2. The zero-order valence-electron chi connectivity index (χ0n) is 10.3. The number of hydrogen-bond donors (Lipinski definition) is 2. The summed E-state index contributed by atoms with van der Waals surface area (Å²) in [6, 6.07) is 9.43. The fourth-order valence-corrected chi connectivity index (χ4v) is 1.64. The molecule has 0 amide bonds. The Kier molecular flexibility index (Phi) is 3.61. The normalized spacial score (nSPS) is 11.4. The van der Waals surface area contributed by atoms with Crippen molar-refractivity contribution in [2.75, 3.05) is 11.9 Å². The number of amidine groups is 1. The van der Waals surface area contributed by atoms with Gasteiger partial charge in [-0.3, -0.25) is 0 Å². The highest BCUT2D eigenvalue weighted by Gasteiger charge is 2.08. The van der Waals surface area contributed by atoms with Gasteiger partial charge in [-0.2, -0.15) is 0 Å². The third-order valence-corrected chi connectivity index (χ3v) is 2.69. The number of halogens is 1. The van der Waals surface area contributed by atoms with Crippen LogP contribution in [0.1, 0.15) is 5.56 Å². The topological polar surface area (TPSA) is 74.7 Å². The van der Waals surface area contributed by atoms with E-state index in [0.29, 0.717) is 17.1 Å². The van der Waals surface area contributed by atoms with Gasteiger partial charge in [-0.15, -0.1) is 0 Å². The lowest BCUT2D eigenvalue weighted by molar-refractivity contribution is 0.318.